The summed E-state index contributed by atoms with van der Waals surface area (Å²) in [7, 11) is 0. The Balaban J connectivity index is 1.67. The summed E-state index contributed by atoms with van der Waals surface area (Å²) in [6.07, 6.45) is 1.21. The Bertz CT molecular complexity index is 693. The van der Waals surface area contributed by atoms with E-state index in [-0.39, 0.29) is 11.1 Å². The van der Waals surface area contributed by atoms with Crippen molar-refractivity contribution in [1.29, 1.82) is 0 Å². The molecule has 30 heavy (non-hydrogen) atoms. The topological polar surface area (TPSA) is 58.1 Å². The number of hydrogen-bond acceptors (Lipinski definition) is 5. The molecule has 1 aromatic carbocycles. The van der Waals surface area contributed by atoms with E-state index >= 15 is 0 Å². The zero-order valence-electron chi connectivity index (χ0n) is 19.0. The summed E-state index contributed by atoms with van der Waals surface area (Å²) in [5.41, 5.74) is 1.06. The number of para-hydroxylation sites is 1. The Hall–Kier alpha value is -1.44. The van der Waals surface area contributed by atoms with Crippen molar-refractivity contribution in [3.63, 3.8) is 0 Å². The van der Waals surface area contributed by atoms with Gasteiger partial charge in [0.1, 0.15) is 11.4 Å². The second-order valence-corrected chi connectivity index (χ2v) is 10.1. The SMILES string of the molecule is CCNC(=NCc1ccccc1OC(C)(C)C)NCC1(N2CCOCC2)CCSC1. The Kier molecular flexibility index (Phi) is 8.31. The third-order valence-electron chi connectivity index (χ3n) is 5.49. The first kappa shape index (κ1) is 23.2. The van der Waals surface area contributed by atoms with Gasteiger partial charge in [-0.2, -0.15) is 11.8 Å². The molecule has 0 saturated carbocycles. The van der Waals surface area contributed by atoms with Crippen LogP contribution in [0.15, 0.2) is 29.3 Å². The lowest BCUT2D eigenvalue weighted by molar-refractivity contribution is -0.0120. The van der Waals surface area contributed by atoms with Gasteiger partial charge in [-0.05, 0) is 45.9 Å². The lowest BCUT2D eigenvalue weighted by Gasteiger charge is -2.43. The number of morpholine rings is 1. The fourth-order valence-corrected chi connectivity index (χ4v) is 5.43. The monoisotopic (exact) mass is 434 g/mol. The second-order valence-electron chi connectivity index (χ2n) is 9.00. The molecule has 2 fully saturated rings. The van der Waals surface area contributed by atoms with Crippen molar-refractivity contribution in [2.75, 3.05) is 50.9 Å². The zero-order valence-corrected chi connectivity index (χ0v) is 19.8. The molecule has 0 aromatic heterocycles. The van der Waals surface area contributed by atoms with Crippen molar-refractivity contribution < 1.29 is 9.47 Å². The Morgan fingerprint density at radius 3 is 2.67 bits per heavy atom. The van der Waals surface area contributed by atoms with Gasteiger partial charge in [0.15, 0.2) is 5.96 Å². The Morgan fingerprint density at radius 1 is 1.23 bits per heavy atom. The van der Waals surface area contributed by atoms with E-state index in [9.17, 15) is 0 Å². The summed E-state index contributed by atoms with van der Waals surface area (Å²) >= 11 is 2.06. The number of thioether (sulfide) groups is 1. The van der Waals surface area contributed by atoms with Gasteiger partial charge < -0.3 is 20.1 Å². The summed E-state index contributed by atoms with van der Waals surface area (Å²) < 4.78 is 11.7. The first-order valence-electron chi connectivity index (χ1n) is 11.1. The molecule has 1 aromatic rings. The van der Waals surface area contributed by atoms with Gasteiger partial charge in [0.2, 0.25) is 0 Å². The van der Waals surface area contributed by atoms with Gasteiger partial charge in [0.05, 0.1) is 19.8 Å². The van der Waals surface area contributed by atoms with Gasteiger partial charge in [-0.25, -0.2) is 4.99 Å². The first-order valence-corrected chi connectivity index (χ1v) is 12.3. The van der Waals surface area contributed by atoms with Gasteiger partial charge in [0, 0.05) is 43.0 Å². The molecule has 168 valence electrons. The average molecular weight is 435 g/mol. The smallest absolute Gasteiger partial charge is 0.191 e. The molecule has 2 aliphatic rings. The number of hydrogen-bond donors (Lipinski definition) is 2. The van der Waals surface area contributed by atoms with E-state index in [2.05, 4.69) is 61.1 Å². The molecule has 0 aliphatic carbocycles. The molecule has 6 nitrogen and oxygen atoms in total. The third kappa shape index (κ3) is 6.53. The number of rotatable bonds is 7. The molecule has 2 N–H and O–H groups in total. The van der Waals surface area contributed by atoms with Crippen LogP contribution in [0, 0.1) is 0 Å². The van der Waals surface area contributed by atoms with Crippen LogP contribution in [0.2, 0.25) is 0 Å². The molecule has 0 bridgehead atoms. The minimum Gasteiger partial charge on any atom is -0.488 e. The number of aliphatic imine (C=N–C) groups is 1. The molecule has 0 amide bonds. The van der Waals surface area contributed by atoms with E-state index in [4.69, 9.17) is 14.5 Å². The number of ether oxygens (including phenoxy) is 2. The molecule has 2 saturated heterocycles. The van der Waals surface area contributed by atoms with Crippen LogP contribution in [0.5, 0.6) is 5.75 Å². The van der Waals surface area contributed by atoms with E-state index in [0.717, 1.165) is 56.7 Å². The summed E-state index contributed by atoms with van der Waals surface area (Å²) in [6.45, 7) is 14.4. The van der Waals surface area contributed by atoms with Gasteiger partial charge in [-0.15, -0.1) is 0 Å². The van der Waals surface area contributed by atoms with Gasteiger partial charge in [0.25, 0.3) is 0 Å². The minimum absolute atomic E-state index is 0.192. The summed E-state index contributed by atoms with van der Waals surface area (Å²) in [6, 6.07) is 8.18. The van der Waals surface area contributed by atoms with Crippen LogP contribution in [-0.4, -0.2) is 72.9 Å². The predicted molar refractivity (Wildman–Crippen MR) is 127 cm³/mol. The lowest BCUT2D eigenvalue weighted by Crippen LogP contribution is -2.60. The number of benzene rings is 1. The zero-order chi connectivity index (χ0) is 21.5. The molecule has 1 atom stereocenters. The van der Waals surface area contributed by atoms with Crippen molar-refractivity contribution >= 4 is 17.7 Å². The molecule has 7 heteroatoms. The molecule has 0 radical (unpaired) electrons. The minimum atomic E-state index is -0.229. The highest BCUT2D eigenvalue weighted by molar-refractivity contribution is 7.99. The maximum absolute atomic E-state index is 6.13. The highest BCUT2D eigenvalue weighted by Gasteiger charge is 2.40. The van der Waals surface area contributed by atoms with E-state index in [1.807, 2.05) is 18.2 Å². The molecule has 2 aliphatic heterocycles. The molecular weight excluding hydrogens is 396 g/mol. The predicted octanol–water partition coefficient (Wildman–Crippen LogP) is 3.13. The number of nitrogens with one attached hydrogen (secondary N) is 2. The maximum atomic E-state index is 6.13. The van der Waals surface area contributed by atoms with Crippen molar-refractivity contribution in [3.05, 3.63) is 29.8 Å². The molecular formula is C23H38N4O2S. The van der Waals surface area contributed by atoms with Gasteiger partial charge >= 0.3 is 0 Å². The van der Waals surface area contributed by atoms with Gasteiger partial charge in [-0.3, -0.25) is 4.90 Å². The van der Waals surface area contributed by atoms with Crippen molar-refractivity contribution in [2.24, 2.45) is 4.99 Å². The van der Waals surface area contributed by atoms with Crippen molar-refractivity contribution in [2.45, 2.75) is 51.8 Å². The van der Waals surface area contributed by atoms with Crippen LogP contribution in [-0.2, 0) is 11.3 Å². The first-order chi connectivity index (χ1) is 14.4. The summed E-state index contributed by atoms with van der Waals surface area (Å²) in [4.78, 5) is 7.50. The van der Waals surface area contributed by atoms with Crippen LogP contribution in [0.3, 0.4) is 0 Å². The standard InChI is InChI=1S/C23H38N4O2S/c1-5-24-21(25-16-19-8-6-7-9-20(19)29-22(2,3)4)26-17-23(10-15-30-18-23)27-11-13-28-14-12-27/h6-9H,5,10-18H2,1-4H3,(H2,24,25,26). The summed E-state index contributed by atoms with van der Waals surface area (Å²) in [5, 5.41) is 7.05. The fraction of sp³-hybridized carbons (Fsp3) is 0.696. The van der Waals surface area contributed by atoms with Crippen LogP contribution in [0.4, 0.5) is 0 Å². The lowest BCUT2D eigenvalue weighted by atomic mass is 9.95. The maximum Gasteiger partial charge on any atom is 0.191 e. The normalized spacial score (nSPS) is 23.4. The van der Waals surface area contributed by atoms with E-state index < -0.39 is 0 Å². The average Bonchev–Trinajstić information content (AvgIpc) is 3.21. The van der Waals surface area contributed by atoms with E-state index in [1.54, 1.807) is 0 Å². The van der Waals surface area contributed by atoms with Crippen molar-refractivity contribution in [3.8, 4) is 5.75 Å². The number of guanidine groups is 1. The molecule has 3 rings (SSSR count). The second kappa shape index (κ2) is 10.7. The summed E-state index contributed by atoms with van der Waals surface area (Å²) in [5.74, 6) is 4.17. The third-order valence-corrected chi connectivity index (χ3v) is 6.72. The van der Waals surface area contributed by atoms with E-state index in [0.29, 0.717) is 6.54 Å². The van der Waals surface area contributed by atoms with E-state index in [1.165, 1.54) is 17.9 Å². The fourth-order valence-electron chi connectivity index (χ4n) is 3.95. The van der Waals surface area contributed by atoms with Crippen molar-refractivity contribution in [1.82, 2.24) is 15.5 Å². The van der Waals surface area contributed by atoms with Crippen LogP contribution < -0.4 is 15.4 Å². The largest absolute Gasteiger partial charge is 0.488 e. The van der Waals surface area contributed by atoms with Crippen LogP contribution in [0.1, 0.15) is 39.7 Å². The van der Waals surface area contributed by atoms with Gasteiger partial charge in [-0.1, -0.05) is 18.2 Å². The molecule has 2 heterocycles. The highest BCUT2D eigenvalue weighted by Crippen LogP contribution is 2.33. The van der Waals surface area contributed by atoms with Crippen LogP contribution in [0.25, 0.3) is 0 Å². The highest BCUT2D eigenvalue weighted by atomic mass is 32.2. The Labute approximate surface area is 186 Å². The van der Waals surface area contributed by atoms with Crippen LogP contribution >= 0.6 is 11.8 Å². The molecule has 0 spiro atoms. The Morgan fingerprint density at radius 2 is 2.00 bits per heavy atom. The molecule has 1 unspecified atom stereocenters. The quantitative estimate of drug-likeness (QED) is 0.508. The number of nitrogens with zero attached hydrogens (tertiary/aromatic N) is 2.